The molecule has 18 heavy (non-hydrogen) atoms. The zero-order valence-corrected chi connectivity index (χ0v) is 11.4. The topological polar surface area (TPSA) is 40.6 Å². The molecule has 0 saturated carbocycles. The van der Waals surface area contributed by atoms with Crippen molar-refractivity contribution >= 4 is 11.7 Å². The lowest BCUT2D eigenvalue weighted by Gasteiger charge is -2.18. The molecule has 1 aromatic carbocycles. The van der Waals surface area contributed by atoms with Crippen LogP contribution in [0.4, 0.5) is 0 Å². The quantitative estimate of drug-likeness (QED) is 0.735. The van der Waals surface area contributed by atoms with Crippen molar-refractivity contribution in [1.29, 1.82) is 0 Å². The Morgan fingerprint density at radius 3 is 2.33 bits per heavy atom. The summed E-state index contributed by atoms with van der Waals surface area (Å²) in [4.78, 5) is 26.7. The highest BCUT2D eigenvalue weighted by Crippen LogP contribution is 2.05. The van der Waals surface area contributed by atoms with Crippen molar-refractivity contribution in [1.82, 2.24) is 9.80 Å². The van der Waals surface area contributed by atoms with E-state index in [-0.39, 0.29) is 24.8 Å². The Labute approximate surface area is 108 Å². The highest BCUT2D eigenvalue weighted by Gasteiger charge is 2.13. The van der Waals surface area contributed by atoms with Gasteiger partial charge in [0.25, 0.3) is 0 Å². The lowest BCUT2D eigenvalue weighted by atomic mass is 10.1. The molecule has 0 heterocycles. The molecule has 0 atom stereocenters. The summed E-state index contributed by atoms with van der Waals surface area (Å²) in [5.74, 6) is 0.0299. The van der Waals surface area contributed by atoms with Crippen molar-refractivity contribution in [2.75, 3.05) is 34.2 Å². The first-order chi connectivity index (χ1) is 8.40. The molecular weight excluding hydrogens is 228 g/mol. The SMILES string of the molecule is Cc1cccc(C(=O)CN(C)CC(=O)N(C)C)c1. The molecule has 1 rings (SSSR count). The average molecular weight is 248 g/mol. The van der Waals surface area contributed by atoms with Crippen molar-refractivity contribution in [2.24, 2.45) is 0 Å². The lowest BCUT2D eigenvalue weighted by molar-refractivity contribution is -0.129. The van der Waals surface area contributed by atoms with Gasteiger partial charge in [0.2, 0.25) is 5.91 Å². The molecule has 0 aromatic heterocycles. The third-order valence-corrected chi connectivity index (χ3v) is 2.66. The second kappa shape index (κ2) is 6.31. The number of likely N-dealkylation sites (N-methyl/N-ethyl adjacent to an activating group) is 2. The molecule has 0 bridgehead atoms. The summed E-state index contributed by atoms with van der Waals surface area (Å²) in [7, 11) is 5.19. The van der Waals surface area contributed by atoms with Crippen LogP contribution in [0.25, 0.3) is 0 Å². The number of hydrogen-bond donors (Lipinski definition) is 0. The number of Topliss-reactive ketones (excluding diaryl/α,β-unsaturated/α-hetero) is 1. The Hall–Kier alpha value is -1.68. The summed E-state index contributed by atoms with van der Waals surface area (Å²) < 4.78 is 0. The lowest BCUT2D eigenvalue weighted by Crippen LogP contribution is -2.36. The molecule has 4 nitrogen and oxygen atoms in total. The van der Waals surface area contributed by atoms with E-state index in [0.717, 1.165) is 5.56 Å². The van der Waals surface area contributed by atoms with Gasteiger partial charge in [0.15, 0.2) is 5.78 Å². The second-order valence-electron chi connectivity index (χ2n) is 4.75. The summed E-state index contributed by atoms with van der Waals surface area (Å²) in [6.07, 6.45) is 0. The van der Waals surface area contributed by atoms with Gasteiger partial charge in [-0.15, -0.1) is 0 Å². The van der Waals surface area contributed by atoms with Gasteiger partial charge in [-0.3, -0.25) is 14.5 Å². The van der Waals surface area contributed by atoms with Crippen molar-refractivity contribution in [3.05, 3.63) is 35.4 Å². The molecular formula is C14H20N2O2. The van der Waals surface area contributed by atoms with Gasteiger partial charge in [0.05, 0.1) is 13.1 Å². The van der Waals surface area contributed by atoms with Crippen LogP contribution in [-0.2, 0) is 4.79 Å². The average Bonchev–Trinajstić information content (AvgIpc) is 2.28. The zero-order chi connectivity index (χ0) is 13.7. The van der Waals surface area contributed by atoms with Gasteiger partial charge >= 0.3 is 0 Å². The van der Waals surface area contributed by atoms with Crippen molar-refractivity contribution < 1.29 is 9.59 Å². The van der Waals surface area contributed by atoms with E-state index < -0.39 is 0 Å². The first kappa shape index (κ1) is 14.4. The van der Waals surface area contributed by atoms with Gasteiger partial charge in [0.1, 0.15) is 0 Å². The Balaban J connectivity index is 2.57. The Bertz CT molecular complexity index is 441. The van der Waals surface area contributed by atoms with E-state index in [4.69, 9.17) is 0 Å². The first-order valence-electron chi connectivity index (χ1n) is 5.88. The summed E-state index contributed by atoms with van der Waals surface area (Å²) in [6.45, 7) is 2.46. The Kier molecular flexibility index (Phi) is 5.04. The molecule has 4 heteroatoms. The maximum Gasteiger partial charge on any atom is 0.236 e. The largest absolute Gasteiger partial charge is 0.348 e. The number of nitrogens with zero attached hydrogens (tertiary/aromatic N) is 2. The van der Waals surface area contributed by atoms with Crippen LogP contribution in [0.15, 0.2) is 24.3 Å². The van der Waals surface area contributed by atoms with Crippen LogP contribution < -0.4 is 0 Å². The monoisotopic (exact) mass is 248 g/mol. The maximum atomic E-state index is 12.0. The number of amides is 1. The molecule has 0 N–H and O–H groups in total. The third-order valence-electron chi connectivity index (χ3n) is 2.66. The van der Waals surface area contributed by atoms with Gasteiger partial charge in [-0.05, 0) is 20.0 Å². The van der Waals surface area contributed by atoms with Crippen LogP contribution in [0.2, 0.25) is 0 Å². The molecule has 98 valence electrons. The molecule has 0 aliphatic carbocycles. The van der Waals surface area contributed by atoms with Gasteiger partial charge in [0, 0.05) is 19.7 Å². The number of rotatable bonds is 5. The number of benzene rings is 1. The van der Waals surface area contributed by atoms with Gasteiger partial charge in [-0.1, -0.05) is 23.8 Å². The summed E-state index contributed by atoms with van der Waals surface area (Å²) in [5.41, 5.74) is 1.76. The smallest absolute Gasteiger partial charge is 0.236 e. The molecule has 0 aliphatic rings. The van der Waals surface area contributed by atoms with E-state index >= 15 is 0 Å². The normalized spacial score (nSPS) is 10.5. The molecule has 0 fully saturated rings. The van der Waals surface area contributed by atoms with Gasteiger partial charge in [-0.25, -0.2) is 0 Å². The summed E-state index contributed by atoms with van der Waals surface area (Å²) in [5, 5.41) is 0. The van der Waals surface area contributed by atoms with Crippen LogP contribution in [0.5, 0.6) is 0 Å². The molecule has 0 spiro atoms. The van der Waals surface area contributed by atoms with E-state index in [2.05, 4.69) is 0 Å². The standard InChI is InChI=1S/C14H20N2O2/c1-11-6-5-7-12(8-11)13(17)9-16(4)10-14(18)15(2)3/h5-8H,9-10H2,1-4H3. The Morgan fingerprint density at radius 1 is 1.11 bits per heavy atom. The summed E-state index contributed by atoms with van der Waals surface area (Å²) in [6, 6.07) is 7.49. The highest BCUT2D eigenvalue weighted by atomic mass is 16.2. The van der Waals surface area contributed by atoms with Crippen molar-refractivity contribution in [3.63, 3.8) is 0 Å². The molecule has 1 amide bonds. The van der Waals surface area contributed by atoms with Crippen molar-refractivity contribution in [3.8, 4) is 0 Å². The highest BCUT2D eigenvalue weighted by molar-refractivity contribution is 5.98. The minimum Gasteiger partial charge on any atom is -0.348 e. The van der Waals surface area contributed by atoms with Gasteiger partial charge in [-0.2, -0.15) is 0 Å². The third kappa shape index (κ3) is 4.30. The number of carbonyl (C=O) groups is 2. The minimum atomic E-state index is -0.00505. The van der Waals surface area contributed by atoms with E-state index in [1.54, 1.807) is 32.1 Å². The molecule has 0 saturated heterocycles. The number of ketones is 1. The van der Waals surface area contributed by atoms with Crippen LogP contribution in [0.3, 0.4) is 0 Å². The number of hydrogen-bond acceptors (Lipinski definition) is 3. The van der Waals surface area contributed by atoms with Crippen molar-refractivity contribution in [2.45, 2.75) is 6.92 Å². The predicted molar refractivity (Wildman–Crippen MR) is 71.7 cm³/mol. The van der Waals surface area contributed by atoms with Gasteiger partial charge < -0.3 is 4.90 Å². The molecule has 0 unspecified atom stereocenters. The minimum absolute atomic E-state index is 0.00505. The predicted octanol–water partition coefficient (Wildman–Crippen LogP) is 1.20. The van der Waals surface area contributed by atoms with E-state index in [1.165, 1.54) is 4.90 Å². The molecule has 1 aromatic rings. The maximum absolute atomic E-state index is 12.0. The van der Waals surface area contributed by atoms with Crippen LogP contribution in [0.1, 0.15) is 15.9 Å². The van der Waals surface area contributed by atoms with Crippen LogP contribution in [0, 0.1) is 6.92 Å². The van der Waals surface area contributed by atoms with E-state index in [0.29, 0.717) is 5.56 Å². The fraction of sp³-hybridized carbons (Fsp3) is 0.429. The van der Waals surface area contributed by atoms with Crippen LogP contribution >= 0.6 is 0 Å². The van der Waals surface area contributed by atoms with Crippen LogP contribution in [-0.4, -0.2) is 55.7 Å². The fourth-order valence-corrected chi connectivity index (χ4v) is 1.58. The summed E-state index contributed by atoms with van der Waals surface area (Å²) >= 11 is 0. The second-order valence-corrected chi connectivity index (χ2v) is 4.75. The molecule has 0 radical (unpaired) electrons. The van der Waals surface area contributed by atoms with E-state index in [9.17, 15) is 9.59 Å². The Morgan fingerprint density at radius 2 is 1.78 bits per heavy atom. The first-order valence-corrected chi connectivity index (χ1v) is 5.88. The fourth-order valence-electron chi connectivity index (χ4n) is 1.58. The number of carbonyl (C=O) groups excluding carboxylic acids is 2. The zero-order valence-electron chi connectivity index (χ0n) is 11.4. The molecule has 0 aliphatic heterocycles. The van der Waals surface area contributed by atoms with E-state index in [1.807, 2.05) is 25.1 Å². The number of aryl methyl sites for hydroxylation is 1.